The van der Waals surface area contributed by atoms with E-state index in [1.807, 2.05) is 20.8 Å². The third-order valence-corrected chi connectivity index (χ3v) is 2.83. The lowest BCUT2D eigenvalue weighted by atomic mass is 10.2. The van der Waals surface area contributed by atoms with Crippen molar-refractivity contribution in [1.82, 2.24) is 16.2 Å². The van der Waals surface area contributed by atoms with Gasteiger partial charge in [0.15, 0.2) is 0 Å². The minimum atomic E-state index is -0.438. The first-order chi connectivity index (χ1) is 6.97. The Labute approximate surface area is 89.9 Å². The predicted molar refractivity (Wildman–Crippen MR) is 56.1 cm³/mol. The monoisotopic (exact) mass is 213 g/mol. The second kappa shape index (κ2) is 3.64. The van der Waals surface area contributed by atoms with Crippen LogP contribution in [0.25, 0.3) is 0 Å². The van der Waals surface area contributed by atoms with Crippen LogP contribution in [0.2, 0.25) is 0 Å². The molecular weight excluding hydrogens is 194 g/mol. The molecule has 3 N–H and O–H groups in total. The molecular formula is C10H19N3O2. The molecule has 2 atom stereocenters. The van der Waals surface area contributed by atoms with Crippen LogP contribution < -0.4 is 16.2 Å². The maximum atomic E-state index is 11.3. The van der Waals surface area contributed by atoms with Gasteiger partial charge in [-0.1, -0.05) is 0 Å². The van der Waals surface area contributed by atoms with E-state index in [0.717, 1.165) is 13.1 Å². The van der Waals surface area contributed by atoms with Crippen LogP contribution in [0.1, 0.15) is 20.8 Å². The molecule has 0 aromatic rings. The maximum absolute atomic E-state index is 11.3. The smallest absolute Gasteiger partial charge is 0.422 e. The fourth-order valence-corrected chi connectivity index (χ4v) is 2.08. The summed E-state index contributed by atoms with van der Waals surface area (Å²) in [5.74, 6) is 1.36. The van der Waals surface area contributed by atoms with E-state index in [9.17, 15) is 4.79 Å². The van der Waals surface area contributed by atoms with E-state index in [4.69, 9.17) is 4.74 Å². The number of ether oxygens (including phenoxy) is 1. The van der Waals surface area contributed by atoms with Gasteiger partial charge in [0.2, 0.25) is 0 Å². The van der Waals surface area contributed by atoms with Gasteiger partial charge in [0.25, 0.3) is 0 Å². The van der Waals surface area contributed by atoms with E-state index in [-0.39, 0.29) is 0 Å². The molecule has 1 amide bonds. The highest BCUT2D eigenvalue weighted by molar-refractivity contribution is 5.67. The summed E-state index contributed by atoms with van der Waals surface area (Å²) in [7, 11) is 0. The Kier molecular flexibility index (Phi) is 2.60. The van der Waals surface area contributed by atoms with E-state index < -0.39 is 11.7 Å². The lowest BCUT2D eigenvalue weighted by Gasteiger charge is -2.20. The molecule has 2 unspecified atom stereocenters. The van der Waals surface area contributed by atoms with Crippen molar-refractivity contribution in [2.45, 2.75) is 32.4 Å². The second-order valence-electron chi connectivity index (χ2n) is 5.28. The van der Waals surface area contributed by atoms with Crippen LogP contribution in [-0.2, 0) is 4.74 Å². The highest BCUT2D eigenvalue weighted by Crippen LogP contribution is 2.41. The molecule has 2 fully saturated rings. The highest BCUT2D eigenvalue weighted by atomic mass is 16.6. The van der Waals surface area contributed by atoms with Gasteiger partial charge in [-0.05, 0) is 45.7 Å². The number of piperidine rings is 1. The molecule has 0 spiro atoms. The van der Waals surface area contributed by atoms with Gasteiger partial charge in [0.1, 0.15) is 5.60 Å². The lowest BCUT2D eigenvalue weighted by Crippen LogP contribution is -2.44. The number of amides is 1. The summed E-state index contributed by atoms with van der Waals surface area (Å²) in [5.41, 5.74) is 5.17. The molecule has 0 aromatic heterocycles. The minimum Gasteiger partial charge on any atom is -0.443 e. The summed E-state index contributed by atoms with van der Waals surface area (Å²) in [5, 5.41) is 3.29. The highest BCUT2D eigenvalue weighted by Gasteiger charge is 2.53. The van der Waals surface area contributed by atoms with Gasteiger partial charge < -0.3 is 10.1 Å². The van der Waals surface area contributed by atoms with E-state index in [0.29, 0.717) is 17.9 Å². The largest absolute Gasteiger partial charge is 0.443 e. The Morgan fingerprint density at radius 1 is 1.33 bits per heavy atom. The SMILES string of the molecule is CC(C)(C)OC(=O)NNC1C2CNCC21. The second-order valence-corrected chi connectivity index (χ2v) is 5.28. The first-order valence-electron chi connectivity index (χ1n) is 5.42. The van der Waals surface area contributed by atoms with E-state index in [2.05, 4.69) is 16.2 Å². The van der Waals surface area contributed by atoms with Gasteiger partial charge in [0, 0.05) is 6.04 Å². The summed E-state index contributed by atoms with van der Waals surface area (Å²) in [6.07, 6.45) is -0.402. The molecule has 15 heavy (non-hydrogen) atoms. The summed E-state index contributed by atoms with van der Waals surface area (Å²) in [4.78, 5) is 11.3. The quantitative estimate of drug-likeness (QED) is 0.575. The third-order valence-electron chi connectivity index (χ3n) is 2.83. The standard InChI is InChI=1S/C10H19N3O2/c1-10(2,3)15-9(14)13-12-8-6-4-11-5-7(6)8/h6-8,11-12H,4-5H2,1-3H3,(H,13,14). The molecule has 5 nitrogen and oxygen atoms in total. The summed E-state index contributed by atoms with van der Waals surface area (Å²) in [6, 6.07) is 0.429. The number of hydrazine groups is 1. The van der Waals surface area contributed by atoms with Crippen LogP contribution in [0.5, 0.6) is 0 Å². The Morgan fingerprint density at radius 3 is 2.47 bits per heavy atom. The Balaban J connectivity index is 1.64. The fourth-order valence-electron chi connectivity index (χ4n) is 2.08. The molecule has 2 rings (SSSR count). The van der Waals surface area contributed by atoms with Crippen molar-refractivity contribution in [1.29, 1.82) is 0 Å². The van der Waals surface area contributed by atoms with Gasteiger partial charge >= 0.3 is 6.09 Å². The summed E-state index contributed by atoms with van der Waals surface area (Å²) < 4.78 is 5.11. The van der Waals surface area contributed by atoms with Gasteiger partial charge in [-0.15, -0.1) is 0 Å². The molecule has 0 radical (unpaired) electrons. The molecule has 1 heterocycles. The van der Waals surface area contributed by atoms with Gasteiger partial charge in [-0.2, -0.15) is 0 Å². The van der Waals surface area contributed by atoms with Gasteiger partial charge in [-0.3, -0.25) is 5.43 Å². The Bertz CT molecular complexity index is 252. The third kappa shape index (κ3) is 2.60. The van der Waals surface area contributed by atoms with Crippen molar-refractivity contribution >= 4 is 6.09 Å². The van der Waals surface area contributed by atoms with Crippen LogP contribution in [-0.4, -0.2) is 30.8 Å². The number of fused-ring (bicyclic) bond motifs is 1. The number of rotatable bonds is 2. The van der Waals surface area contributed by atoms with Crippen molar-refractivity contribution in [3.8, 4) is 0 Å². The van der Waals surface area contributed by atoms with Crippen molar-refractivity contribution in [3.63, 3.8) is 0 Å². The van der Waals surface area contributed by atoms with Gasteiger partial charge in [0.05, 0.1) is 0 Å². The normalized spacial score (nSPS) is 33.4. The predicted octanol–water partition coefficient (Wildman–Crippen LogP) is 0.234. The fraction of sp³-hybridized carbons (Fsp3) is 0.900. The molecule has 1 aliphatic carbocycles. The average molecular weight is 213 g/mol. The van der Waals surface area contributed by atoms with Crippen LogP contribution in [0, 0.1) is 11.8 Å². The van der Waals surface area contributed by atoms with Crippen LogP contribution in [0.15, 0.2) is 0 Å². The average Bonchev–Trinajstić information content (AvgIpc) is 2.55. The van der Waals surface area contributed by atoms with Crippen LogP contribution >= 0.6 is 0 Å². The first kappa shape index (κ1) is 10.7. The lowest BCUT2D eigenvalue weighted by molar-refractivity contribution is 0.0494. The topological polar surface area (TPSA) is 62.4 Å². The van der Waals surface area contributed by atoms with Crippen molar-refractivity contribution < 1.29 is 9.53 Å². The Morgan fingerprint density at radius 2 is 1.93 bits per heavy atom. The van der Waals surface area contributed by atoms with Gasteiger partial charge in [-0.25, -0.2) is 10.2 Å². The number of carbonyl (C=O) groups excluding carboxylic acids is 1. The van der Waals surface area contributed by atoms with E-state index in [1.165, 1.54) is 0 Å². The summed E-state index contributed by atoms with van der Waals surface area (Å²) >= 11 is 0. The molecule has 86 valence electrons. The van der Waals surface area contributed by atoms with Crippen molar-refractivity contribution in [2.24, 2.45) is 11.8 Å². The van der Waals surface area contributed by atoms with E-state index >= 15 is 0 Å². The van der Waals surface area contributed by atoms with Crippen molar-refractivity contribution in [3.05, 3.63) is 0 Å². The van der Waals surface area contributed by atoms with E-state index in [1.54, 1.807) is 0 Å². The molecule has 2 aliphatic rings. The van der Waals surface area contributed by atoms with Crippen LogP contribution in [0.3, 0.4) is 0 Å². The zero-order chi connectivity index (χ0) is 11.1. The summed E-state index contributed by atoms with van der Waals surface area (Å²) in [6.45, 7) is 7.66. The molecule has 0 aromatic carbocycles. The number of hydrogen-bond donors (Lipinski definition) is 3. The molecule has 0 bridgehead atoms. The zero-order valence-electron chi connectivity index (χ0n) is 9.46. The van der Waals surface area contributed by atoms with Crippen LogP contribution in [0.4, 0.5) is 4.79 Å². The van der Waals surface area contributed by atoms with Crippen molar-refractivity contribution in [2.75, 3.05) is 13.1 Å². The molecule has 1 saturated carbocycles. The first-order valence-corrected chi connectivity index (χ1v) is 5.42. The minimum absolute atomic E-state index is 0.402. The Hall–Kier alpha value is -0.810. The molecule has 5 heteroatoms. The maximum Gasteiger partial charge on any atom is 0.422 e. The molecule has 1 saturated heterocycles. The number of hydrogen-bond acceptors (Lipinski definition) is 4. The molecule has 1 aliphatic heterocycles. The zero-order valence-corrected chi connectivity index (χ0v) is 9.46. The number of nitrogens with one attached hydrogen (secondary N) is 3. The number of carbonyl (C=O) groups is 1.